The van der Waals surface area contributed by atoms with Gasteiger partial charge in [0.15, 0.2) is 0 Å². The number of thiol groups is 1. The molecule has 0 spiro atoms. The summed E-state index contributed by atoms with van der Waals surface area (Å²) in [6, 6.07) is 17.4. The number of amides is 1. The number of anilines is 1. The molecule has 0 unspecified atom stereocenters. The van der Waals surface area contributed by atoms with E-state index in [-0.39, 0.29) is 5.91 Å². The molecule has 0 fully saturated rings. The van der Waals surface area contributed by atoms with Crippen LogP contribution in [0.3, 0.4) is 0 Å². The Morgan fingerprint density at radius 3 is 2.43 bits per heavy atom. The minimum atomic E-state index is -0.0364. The van der Waals surface area contributed by atoms with Crippen molar-refractivity contribution in [2.45, 2.75) is 11.3 Å². The second-order valence-electron chi connectivity index (χ2n) is 4.91. The van der Waals surface area contributed by atoms with Gasteiger partial charge in [0, 0.05) is 36.3 Å². The van der Waals surface area contributed by atoms with Gasteiger partial charge in [-0.2, -0.15) is 0 Å². The predicted molar refractivity (Wildman–Crippen MR) is 90.4 cm³/mol. The number of hydrogen-bond acceptors (Lipinski definition) is 3. The lowest BCUT2D eigenvalue weighted by Crippen LogP contribution is -2.28. The standard InChI is InChI=1S/C17H20N2OS/c1-19(15-6-3-2-4-7-15)13-5-12-18-17(20)14-8-10-16(21)11-9-14/h2-4,6-11,21H,5,12-13H2,1H3,(H,18,20). The van der Waals surface area contributed by atoms with Gasteiger partial charge in [-0.25, -0.2) is 0 Å². The topological polar surface area (TPSA) is 32.3 Å². The van der Waals surface area contributed by atoms with Crippen LogP contribution >= 0.6 is 12.6 Å². The van der Waals surface area contributed by atoms with E-state index in [1.807, 2.05) is 30.3 Å². The third kappa shape index (κ3) is 4.83. The Hall–Kier alpha value is -1.94. The van der Waals surface area contributed by atoms with Crippen molar-refractivity contribution >= 4 is 24.2 Å². The molecule has 21 heavy (non-hydrogen) atoms. The molecule has 0 aliphatic carbocycles. The Balaban J connectivity index is 1.72. The molecule has 3 nitrogen and oxygen atoms in total. The van der Waals surface area contributed by atoms with Crippen LogP contribution in [0, 0.1) is 0 Å². The van der Waals surface area contributed by atoms with E-state index in [4.69, 9.17) is 0 Å². The fourth-order valence-electron chi connectivity index (χ4n) is 2.04. The van der Waals surface area contributed by atoms with Gasteiger partial charge in [0.1, 0.15) is 0 Å². The van der Waals surface area contributed by atoms with Gasteiger partial charge < -0.3 is 10.2 Å². The lowest BCUT2D eigenvalue weighted by Gasteiger charge is -2.19. The average Bonchev–Trinajstić information content (AvgIpc) is 2.52. The van der Waals surface area contributed by atoms with Crippen LogP contribution in [0.4, 0.5) is 5.69 Å². The first-order chi connectivity index (χ1) is 10.2. The molecule has 4 heteroatoms. The zero-order valence-electron chi connectivity index (χ0n) is 12.1. The quantitative estimate of drug-likeness (QED) is 0.634. The number of nitrogens with one attached hydrogen (secondary N) is 1. The Labute approximate surface area is 131 Å². The summed E-state index contributed by atoms with van der Waals surface area (Å²) in [7, 11) is 2.06. The molecule has 0 heterocycles. The van der Waals surface area contributed by atoms with Crippen molar-refractivity contribution in [2.75, 3.05) is 25.0 Å². The fourth-order valence-corrected chi connectivity index (χ4v) is 2.19. The van der Waals surface area contributed by atoms with Gasteiger partial charge in [0.25, 0.3) is 5.91 Å². The first-order valence-electron chi connectivity index (χ1n) is 7.00. The molecule has 0 aromatic heterocycles. The number of carbonyl (C=O) groups is 1. The van der Waals surface area contributed by atoms with Gasteiger partial charge in [-0.1, -0.05) is 18.2 Å². The molecule has 2 aromatic carbocycles. The molecule has 0 radical (unpaired) electrons. The molecule has 0 aliphatic rings. The Morgan fingerprint density at radius 2 is 1.76 bits per heavy atom. The van der Waals surface area contributed by atoms with Crippen molar-refractivity contribution in [2.24, 2.45) is 0 Å². The van der Waals surface area contributed by atoms with Crippen molar-refractivity contribution in [1.29, 1.82) is 0 Å². The monoisotopic (exact) mass is 300 g/mol. The molecule has 0 saturated carbocycles. The molecule has 0 saturated heterocycles. The number of rotatable bonds is 6. The minimum Gasteiger partial charge on any atom is -0.375 e. The number of hydrogen-bond donors (Lipinski definition) is 2. The molecular weight excluding hydrogens is 280 g/mol. The van der Waals surface area contributed by atoms with E-state index in [1.54, 1.807) is 12.1 Å². The summed E-state index contributed by atoms with van der Waals surface area (Å²) in [5.41, 5.74) is 1.86. The van der Waals surface area contributed by atoms with Gasteiger partial charge in [-0.3, -0.25) is 4.79 Å². The van der Waals surface area contributed by atoms with Crippen molar-refractivity contribution in [3.05, 3.63) is 60.2 Å². The summed E-state index contributed by atoms with van der Waals surface area (Å²) in [4.78, 5) is 15.0. The number of nitrogens with zero attached hydrogens (tertiary/aromatic N) is 1. The molecule has 0 aliphatic heterocycles. The first kappa shape index (κ1) is 15.4. The smallest absolute Gasteiger partial charge is 0.251 e. The van der Waals surface area contributed by atoms with Crippen molar-refractivity contribution in [3.8, 4) is 0 Å². The Kier molecular flexibility index (Phi) is 5.69. The van der Waals surface area contributed by atoms with Crippen molar-refractivity contribution in [1.82, 2.24) is 5.32 Å². The number of benzene rings is 2. The summed E-state index contributed by atoms with van der Waals surface area (Å²) in [6.07, 6.45) is 0.905. The maximum absolute atomic E-state index is 11.9. The van der Waals surface area contributed by atoms with Crippen LogP contribution in [-0.2, 0) is 0 Å². The first-order valence-corrected chi connectivity index (χ1v) is 7.45. The van der Waals surface area contributed by atoms with Gasteiger partial charge in [0.2, 0.25) is 0 Å². The molecule has 2 aromatic rings. The maximum Gasteiger partial charge on any atom is 0.251 e. The number of para-hydroxylation sites is 1. The highest BCUT2D eigenvalue weighted by atomic mass is 32.1. The zero-order valence-corrected chi connectivity index (χ0v) is 13.0. The lowest BCUT2D eigenvalue weighted by molar-refractivity contribution is 0.0953. The largest absolute Gasteiger partial charge is 0.375 e. The third-order valence-electron chi connectivity index (χ3n) is 3.28. The van der Waals surface area contributed by atoms with Crippen LogP contribution in [0.2, 0.25) is 0 Å². The average molecular weight is 300 g/mol. The molecule has 1 amide bonds. The molecule has 2 rings (SSSR count). The van der Waals surface area contributed by atoms with Crippen LogP contribution in [0.25, 0.3) is 0 Å². The van der Waals surface area contributed by atoms with Gasteiger partial charge in [-0.15, -0.1) is 12.6 Å². The Morgan fingerprint density at radius 1 is 1.10 bits per heavy atom. The Bertz CT molecular complexity index is 569. The van der Waals surface area contributed by atoms with E-state index in [0.717, 1.165) is 17.9 Å². The van der Waals surface area contributed by atoms with Gasteiger partial charge >= 0.3 is 0 Å². The van der Waals surface area contributed by atoms with Crippen molar-refractivity contribution in [3.63, 3.8) is 0 Å². The van der Waals surface area contributed by atoms with E-state index in [2.05, 4.69) is 42.0 Å². The van der Waals surface area contributed by atoms with Crippen LogP contribution in [-0.4, -0.2) is 26.0 Å². The SMILES string of the molecule is CN(CCCNC(=O)c1ccc(S)cc1)c1ccccc1. The summed E-state index contributed by atoms with van der Waals surface area (Å²) >= 11 is 4.21. The van der Waals surface area contributed by atoms with Gasteiger partial charge in [-0.05, 0) is 42.8 Å². The molecule has 110 valence electrons. The second kappa shape index (κ2) is 7.74. The summed E-state index contributed by atoms with van der Waals surface area (Å²) < 4.78 is 0. The highest BCUT2D eigenvalue weighted by Crippen LogP contribution is 2.11. The van der Waals surface area contributed by atoms with Crippen molar-refractivity contribution < 1.29 is 4.79 Å². The molecular formula is C17H20N2OS. The van der Waals surface area contributed by atoms with Crippen LogP contribution in [0.1, 0.15) is 16.8 Å². The normalized spacial score (nSPS) is 10.2. The second-order valence-corrected chi connectivity index (χ2v) is 5.43. The van der Waals surface area contributed by atoms with E-state index >= 15 is 0 Å². The molecule has 1 N–H and O–H groups in total. The van der Waals surface area contributed by atoms with E-state index in [9.17, 15) is 4.79 Å². The summed E-state index contributed by atoms with van der Waals surface area (Å²) in [6.45, 7) is 1.57. The van der Waals surface area contributed by atoms with E-state index in [1.165, 1.54) is 5.69 Å². The maximum atomic E-state index is 11.9. The summed E-state index contributed by atoms with van der Waals surface area (Å²) in [5, 5.41) is 2.93. The van der Waals surface area contributed by atoms with Gasteiger partial charge in [0.05, 0.1) is 0 Å². The predicted octanol–water partition coefficient (Wildman–Crippen LogP) is 3.23. The zero-order chi connectivity index (χ0) is 15.1. The van der Waals surface area contributed by atoms with Crippen LogP contribution in [0.15, 0.2) is 59.5 Å². The fraction of sp³-hybridized carbons (Fsp3) is 0.235. The van der Waals surface area contributed by atoms with Crippen LogP contribution < -0.4 is 10.2 Å². The molecule has 0 bridgehead atoms. The highest BCUT2D eigenvalue weighted by Gasteiger charge is 2.04. The number of carbonyl (C=O) groups excluding carboxylic acids is 1. The molecule has 0 atom stereocenters. The van der Waals surface area contributed by atoms with E-state index < -0.39 is 0 Å². The van der Waals surface area contributed by atoms with Crippen LogP contribution in [0.5, 0.6) is 0 Å². The van der Waals surface area contributed by atoms with E-state index in [0.29, 0.717) is 12.1 Å². The summed E-state index contributed by atoms with van der Waals surface area (Å²) in [5.74, 6) is -0.0364. The third-order valence-corrected chi connectivity index (χ3v) is 3.58. The minimum absolute atomic E-state index is 0.0364. The lowest BCUT2D eigenvalue weighted by atomic mass is 10.2. The highest BCUT2D eigenvalue weighted by molar-refractivity contribution is 7.80.